The van der Waals surface area contributed by atoms with Crippen LogP contribution in [0, 0.1) is 13.8 Å². The average Bonchev–Trinajstić information content (AvgIpc) is 3.07. The lowest BCUT2D eigenvalue weighted by atomic mass is 10.1. The number of thiazole rings is 1. The summed E-state index contributed by atoms with van der Waals surface area (Å²) in [6.45, 7) is 6.51. The molecule has 0 unspecified atom stereocenters. The highest BCUT2D eigenvalue weighted by Gasteiger charge is 2.14. The van der Waals surface area contributed by atoms with Crippen LogP contribution in [-0.2, 0) is 4.79 Å². The quantitative estimate of drug-likeness (QED) is 0.505. The maximum absolute atomic E-state index is 12.3. The van der Waals surface area contributed by atoms with Crippen molar-refractivity contribution in [3.63, 3.8) is 0 Å². The summed E-state index contributed by atoms with van der Waals surface area (Å²) in [5.74, 6) is 0.442. The largest absolute Gasteiger partial charge is 0.494 e. The molecule has 5 nitrogen and oxygen atoms in total. The molecule has 0 aliphatic rings. The number of hydrogen-bond donors (Lipinski definition) is 1. The van der Waals surface area contributed by atoms with E-state index in [9.17, 15) is 9.59 Å². The molecule has 0 aliphatic heterocycles. The minimum absolute atomic E-state index is 0.0705. The minimum Gasteiger partial charge on any atom is -0.494 e. The van der Waals surface area contributed by atoms with E-state index in [1.54, 1.807) is 24.3 Å². The number of nitrogens with zero attached hydrogens (tertiary/aromatic N) is 1. The van der Waals surface area contributed by atoms with Gasteiger partial charge in [-0.1, -0.05) is 29.8 Å². The van der Waals surface area contributed by atoms with Crippen LogP contribution in [0.25, 0.3) is 11.3 Å². The standard InChI is InChI=1S/C23H24N2O3S/c1-4-28-19-11-9-17(10-12-19)20(26)13-14-21(27)24-23-25-22(16(3)29-23)18-7-5-15(2)6-8-18/h5-12H,4,13-14H2,1-3H3,(H,24,25,27). The first kappa shape index (κ1) is 20.7. The van der Waals surface area contributed by atoms with E-state index in [0.717, 1.165) is 21.9 Å². The van der Waals surface area contributed by atoms with Gasteiger partial charge < -0.3 is 10.1 Å². The Morgan fingerprint density at radius 1 is 1.00 bits per heavy atom. The van der Waals surface area contributed by atoms with Crippen molar-refractivity contribution in [2.75, 3.05) is 11.9 Å². The van der Waals surface area contributed by atoms with Crippen LogP contribution in [0.2, 0.25) is 0 Å². The predicted octanol–water partition coefficient (Wildman–Crippen LogP) is 5.43. The molecule has 29 heavy (non-hydrogen) atoms. The Hall–Kier alpha value is -2.99. The zero-order chi connectivity index (χ0) is 20.8. The first-order valence-electron chi connectivity index (χ1n) is 9.56. The summed E-state index contributed by atoms with van der Waals surface area (Å²) in [6, 6.07) is 15.1. The van der Waals surface area contributed by atoms with Crippen molar-refractivity contribution in [3.05, 3.63) is 64.5 Å². The first-order chi connectivity index (χ1) is 14.0. The van der Waals surface area contributed by atoms with Crippen molar-refractivity contribution in [3.8, 4) is 17.0 Å². The van der Waals surface area contributed by atoms with Crippen LogP contribution in [0.5, 0.6) is 5.75 Å². The summed E-state index contributed by atoms with van der Waals surface area (Å²) < 4.78 is 5.37. The van der Waals surface area contributed by atoms with Crippen molar-refractivity contribution in [1.29, 1.82) is 0 Å². The van der Waals surface area contributed by atoms with Crippen molar-refractivity contribution in [2.24, 2.45) is 0 Å². The monoisotopic (exact) mass is 408 g/mol. The number of nitrogens with one attached hydrogen (secondary N) is 1. The predicted molar refractivity (Wildman–Crippen MR) is 117 cm³/mol. The molecule has 3 aromatic rings. The Morgan fingerprint density at radius 3 is 2.34 bits per heavy atom. The lowest BCUT2D eigenvalue weighted by molar-refractivity contribution is -0.116. The number of rotatable bonds is 8. The number of Topliss-reactive ketones (excluding diaryl/α,β-unsaturated/α-hetero) is 1. The zero-order valence-corrected chi connectivity index (χ0v) is 17.6. The fourth-order valence-corrected chi connectivity index (χ4v) is 3.74. The molecule has 150 valence electrons. The first-order valence-corrected chi connectivity index (χ1v) is 10.4. The lowest BCUT2D eigenvalue weighted by Crippen LogP contribution is -2.13. The summed E-state index contributed by atoms with van der Waals surface area (Å²) in [5.41, 5.74) is 3.66. The number of carbonyl (C=O) groups is 2. The molecule has 1 N–H and O–H groups in total. The molecule has 0 bridgehead atoms. The highest BCUT2D eigenvalue weighted by atomic mass is 32.1. The highest BCUT2D eigenvalue weighted by molar-refractivity contribution is 7.16. The summed E-state index contributed by atoms with van der Waals surface area (Å²) in [4.78, 5) is 30.2. The van der Waals surface area contributed by atoms with Gasteiger partial charge in [-0.05, 0) is 45.0 Å². The second-order valence-corrected chi connectivity index (χ2v) is 7.92. The minimum atomic E-state index is -0.214. The molecule has 0 atom stereocenters. The van der Waals surface area contributed by atoms with Crippen LogP contribution >= 0.6 is 11.3 Å². The number of anilines is 1. The number of hydrogen-bond acceptors (Lipinski definition) is 5. The molecule has 1 amide bonds. The SMILES string of the molecule is CCOc1ccc(C(=O)CCC(=O)Nc2nc(-c3ccc(C)cc3)c(C)s2)cc1. The molecule has 0 radical (unpaired) electrons. The zero-order valence-electron chi connectivity index (χ0n) is 16.8. The Labute approximate surface area is 174 Å². The Morgan fingerprint density at radius 2 is 1.69 bits per heavy atom. The van der Waals surface area contributed by atoms with E-state index in [2.05, 4.69) is 10.3 Å². The molecule has 1 aromatic heterocycles. The maximum atomic E-state index is 12.3. The molecule has 3 rings (SSSR count). The summed E-state index contributed by atoms with van der Waals surface area (Å²) in [5, 5.41) is 3.37. The molecule has 0 spiro atoms. The molecular formula is C23H24N2O3S. The highest BCUT2D eigenvalue weighted by Crippen LogP contribution is 2.30. The number of amides is 1. The van der Waals surface area contributed by atoms with Gasteiger partial charge in [0, 0.05) is 28.8 Å². The summed E-state index contributed by atoms with van der Waals surface area (Å²) in [7, 11) is 0. The second-order valence-electron chi connectivity index (χ2n) is 6.72. The van der Waals surface area contributed by atoms with Crippen LogP contribution in [-0.4, -0.2) is 23.3 Å². The van der Waals surface area contributed by atoms with Gasteiger partial charge in [0.25, 0.3) is 0 Å². The van der Waals surface area contributed by atoms with E-state index in [4.69, 9.17) is 4.74 Å². The van der Waals surface area contributed by atoms with E-state index < -0.39 is 0 Å². The van der Waals surface area contributed by atoms with Gasteiger partial charge in [0.15, 0.2) is 10.9 Å². The van der Waals surface area contributed by atoms with E-state index in [1.807, 2.05) is 45.0 Å². The normalized spacial score (nSPS) is 10.6. The third kappa shape index (κ3) is 5.51. The fraction of sp³-hybridized carbons (Fsp3) is 0.261. The van der Waals surface area contributed by atoms with Gasteiger partial charge in [0.1, 0.15) is 5.75 Å². The van der Waals surface area contributed by atoms with Crippen LogP contribution in [0.1, 0.15) is 40.6 Å². The summed E-state index contributed by atoms with van der Waals surface area (Å²) >= 11 is 1.44. The topological polar surface area (TPSA) is 68.3 Å². The van der Waals surface area contributed by atoms with Gasteiger partial charge >= 0.3 is 0 Å². The van der Waals surface area contributed by atoms with E-state index in [1.165, 1.54) is 16.9 Å². The molecule has 0 saturated carbocycles. The third-order valence-corrected chi connectivity index (χ3v) is 5.32. The molecule has 1 heterocycles. The number of aromatic nitrogens is 1. The van der Waals surface area contributed by atoms with Gasteiger partial charge in [-0.25, -0.2) is 4.98 Å². The average molecular weight is 409 g/mol. The van der Waals surface area contributed by atoms with Crippen molar-refractivity contribution in [1.82, 2.24) is 4.98 Å². The molecule has 0 fully saturated rings. The van der Waals surface area contributed by atoms with Crippen LogP contribution in [0.3, 0.4) is 0 Å². The summed E-state index contributed by atoms with van der Waals surface area (Å²) in [6.07, 6.45) is 0.263. The molecule has 0 aliphatic carbocycles. The lowest BCUT2D eigenvalue weighted by Gasteiger charge is -2.05. The smallest absolute Gasteiger partial charge is 0.226 e. The van der Waals surface area contributed by atoms with Gasteiger partial charge in [-0.15, -0.1) is 11.3 Å². The molecule has 0 saturated heterocycles. The van der Waals surface area contributed by atoms with E-state index in [0.29, 0.717) is 17.3 Å². The van der Waals surface area contributed by atoms with E-state index in [-0.39, 0.29) is 24.5 Å². The van der Waals surface area contributed by atoms with E-state index >= 15 is 0 Å². The number of aryl methyl sites for hydroxylation is 2. The number of carbonyl (C=O) groups excluding carboxylic acids is 2. The van der Waals surface area contributed by atoms with Crippen LogP contribution in [0.4, 0.5) is 5.13 Å². The van der Waals surface area contributed by atoms with Crippen molar-refractivity contribution >= 4 is 28.2 Å². The van der Waals surface area contributed by atoms with Gasteiger partial charge in [-0.2, -0.15) is 0 Å². The third-order valence-electron chi connectivity index (χ3n) is 4.43. The Kier molecular flexibility index (Phi) is 6.77. The molecular weight excluding hydrogens is 384 g/mol. The number of ketones is 1. The van der Waals surface area contributed by atoms with Crippen molar-refractivity contribution < 1.29 is 14.3 Å². The maximum Gasteiger partial charge on any atom is 0.226 e. The second kappa shape index (κ2) is 9.47. The van der Waals surface area contributed by atoms with Crippen LogP contribution in [0.15, 0.2) is 48.5 Å². The van der Waals surface area contributed by atoms with Crippen LogP contribution < -0.4 is 10.1 Å². The van der Waals surface area contributed by atoms with Crippen molar-refractivity contribution in [2.45, 2.75) is 33.6 Å². The Balaban J connectivity index is 1.56. The number of ether oxygens (including phenoxy) is 1. The fourth-order valence-electron chi connectivity index (χ4n) is 2.89. The number of benzene rings is 2. The van der Waals surface area contributed by atoms with Gasteiger partial charge in [0.05, 0.1) is 12.3 Å². The molecule has 6 heteroatoms. The van der Waals surface area contributed by atoms with Gasteiger partial charge in [-0.3, -0.25) is 9.59 Å². The van der Waals surface area contributed by atoms with Gasteiger partial charge in [0.2, 0.25) is 5.91 Å². The molecule has 2 aromatic carbocycles. The Bertz CT molecular complexity index is 992.